The number of hydrogen-bond donors (Lipinski definition) is 1. The van der Waals surface area contributed by atoms with Gasteiger partial charge in [0.05, 0.1) is 11.1 Å². The van der Waals surface area contributed by atoms with Crippen molar-refractivity contribution in [2.75, 3.05) is 18.4 Å². The topological polar surface area (TPSA) is 101 Å². The van der Waals surface area contributed by atoms with E-state index < -0.39 is 10.0 Å². The lowest BCUT2D eigenvalue weighted by Gasteiger charge is -2.31. The molecular formula is C26H28N4O4S. The van der Waals surface area contributed by atoms with Gasteiger partial charge in [0.2, 0.25) is 21.8 Å². The summed E-state index contributed by atoms with van der Waals surface area (Å²) in [5.41, 5.74) is 3.07. The van der Waals surface area contributed by atoms with Crippen LogP contribution in [-0.4, -0.2) is 41.7 Å². The molecule has 182 valence electrons. The zero-order valence-corrected chi connectivity index (χ0v) is 20.2. The van der Waals surface area contributed by atoms with Crippen LogP contribution in [0.5, 0.6) is 11.6 Å². The fourth-order valence-electron chi connectivity index (χ4n) is 4.69. The Morgan fingerprint density at radius 2 is 1.71 bits per heavy atom. The number of benzene rings is 2. The van der Waals surface area contributed by atoms with Gasteiger partial charge < -0.3 is 10.1 Å². The average Bonchev–Trinajstić information content (AvgIpc) is 2.90. The number of rotatable bonds is 6. The maximum atomic E-state index is 13.2. The fourth-order valence-corrected chi connectivity index (χ4v) is 6.21. The van der Waals surface area contributed by atoms with Gasteiger partial charge in [0.15, 0.2) is 0 Å². The highest BCUT2D eigenvalue weighted by Crippen LogP contribution is 2.29. The normalized spacial score (nSPS) is 16.9. The Morgan fingerprint density at radius 1 is 0.971 bits per heavy atom. The minimum Gasteiger partial charge on any atom is -0.438 e. The quantitative estimate of drug-likeness (QED) is 0.554. The van der Waals surface area contributed by atoms with Gasteiger partial charge in [-0.1, -0.05) is 6.07 Å². The summed E-state index contributed by atoms with van der Waals surface area (Å²) in [5.74, 6) is 0.643. The zero-order valence-electron chi connectivity index (χ0n) is 19.4. The number of amides is 1. The van der Waals surface area contributed by atoms with Crippen molar-refractivity contribution in [2.24, 2.45) is 5.92 Å². The molecule has 0 spiro atoms. The molecule has 0 radical (unpaired) electrons. The number of nitrogens with one attached hydrogen (secondary N) is 1. The van der Waals surface area contributed by atoms with Crippen LogP contribution in [0.15, 0.2) is 66.0 Å². The lowest BCUT2D eigenvalue weighted by molar-refractivity contribution is -0.120. The maximum absolute atomic E-state index is 13.2. The Morgan fingerprint density at radius 3 is 2.43 bits per heavy atom. The van der Waals surface area contributed by atoms with Gasteiger partial charge in [-0.3, -0.25) is 9.78 Å². The first kappa shape index (κ1) is 23.4. The molecule has 2 aliphatic rings. The van der Waals surface area contributed by atoms with Crippen LogP contribution >= 0.6 is 0 Å². The van der Waals surface area contributed by atoms with Crippen LogP contribution < -0.4 is 10.1 Å². The van der Waals surface area contributed by atoms with Crippen molar-refractivity contribution < 1.29 is 17.9 Å². The van der Waals surface area contributed by atoms with Crippen LogP contribution in [0, 0.1) is 5.92 Å². The molecule has 0 bridgehead atoms. The van der Waals surface area contributed by atoms with Crippen LogP contribution in [0.25, 0.3) is 0 Å². The van der Waals surface area contributed by atoms with E-state index in [0.717, 1.165) is 31.2 Å². The third kappa shape index (κ3) is 5.36. The molecule has 2 aromatic carbocycles. The van der Waals surface area contributed by atoms with Crippen molar-refractivity contribution in [2.45, 2.75) is 43.4 Å². The van der Waals surface area contributed by atoms with E-state index >= 15 is 0 Å². The lowest BCUT2D eigenvalue weighted by atomic mass is 9.92. The third-order valence-corrected chi connectivity index (χ3v) is 8.56. The Balaban J connectivity index is 1.16. The molecule has 1 fully saturated rings. The standard InChI is InChI=1S/C26H28N4O4S/c31-26(29-22-6-8-23(9-7-22)34-25-18-27-13-14-28-25)20-11-15-30(16-12-20)35(32,33)24-10-5-19-3-1-2-4-21(19)17-24/h5-10,13-14,17-18,20H,1-4,11-12,15-16H2,(H,29,31). The van der Waals surface area contributed by atoms with Crippen LogP contribution in [-0.2, 0) is 27.7 Å². The highest BCUT2D eigenvalue weighted by atomic mass is 32.2. The molecule has 0 saturated carbocycles. The lowest BCUT2D eigenvalue weighted by Crippen LogP contribution is -2.41. The van der Waals surface area contributed by atoms with E-state index in [4.69, 9.17) is 4.74 Å². The first-order valence-electron chi connectivity index (χ1n) is 12.0. The van der Waals surface area contributed by atoms with Crippen LogP contribution in [0.2, 0.25) is 0 Å². The SMILES string of the molecule is O=C(Nc1ccc(Oc2cnccn2)cc1)C1CCN(S(=O)(=O)c2ccc3c(c2)CCCC3)CC1. The van der Waals surface area contributed by atoms with Crippen molar-refractivity contribution >= 4 is 21.6 Å². The molecule has 1 aromatic heterocycles. The summed E-state index contributed by atoms with van der Waals surface area (Å²) in [6, 6.07) is 12.6. The largest absolute Gasteiger partial charge is 0.438 e. The predicted molar refractivity (Wildman–Crippen MR) is 132 cm³/mol. The molecule has 5 rings (SSSR count). The number of aryl methyl sites for hydroxylation is 2. The van der Waals surface area contributed by atoms with E-state index in [-0.39, 0.29) is 11.8 Å². The second-order valence-corrected chi connectivity index (χ2v) is 10.9. The molecule has 35 heavy (non-hydrogen) atoms. The minimum absolute atomic E-state index is 0.0987. The summed E-state index contributed by atoms with van der Waals surface area (Å²) in [6.45, 7) is 0.671. The smallest absolute Gasteiger partial charge is 0.243 e. The highest BCUT2D eigenvalue weighted by molar-refractivity contribution is 7.89. The van der Waals surface area contributed by atoms with Crippen LogP contribution in [0.3, 0.4) is 0 Å². The summed E-state index contributed by atoms with van der Waals surface area (Å²) < 4.78 is 33.5. The van der Waals surface area contributed by atoms with Gasteiger partial charge in [0.25, 0.3) is 0 Å². The number of hydrogen-bond acceptors (Lipinski definition) is 6. The van der Waals surface area contributed by atoms with E-state index in [1.165, 1.54) is 16.1 Å². The van der Waals surface area contributed by atoms with E-state index in [0.29, 0.717) is 48.1 Å². The second kappa shape index (κ2) is 10.1. The van der Waals surface area contributed by atoms with Crippen LogP contribution in [0.4, 0.5) is 5.69 Å². The van der Waals surface area contributed by atoms with Crippen molar-refractivity contribution in [1.82, 2.24) is 14.3 Å². The molecule has 1 amide bonds. The summed E-state index contributed by atoms with van der Waals surface area (Å²) in [6.07, 6.45) is 9.85. The Labute approximate surface area is 205 Å². The highest BCUT2D eigenvalue weighted by Gasteiger charge is 2.32. The molecule has 1 N–H and O–H groups in total. The van der Waals surface area contributed by atoms with Gasteiger partial charge in [-0.15, -0.1) is 0 Å². The van der Waals surface area contributed by atoms with E-state index in [1.54, 1.807) is 42.7 Å². The number of nitrogens with zero attached hydrogens (tertiary/aromatic N) is 3. The van der Waals surface area contributed by atoms with Crippen LogP contribution in [0.1, 0.15) is 36.8 Å². The van der Waals surface area contributed by atoms with Gasteiger partial charge in [-0.25, -0.2) is 13.4 Å². The Bertz CT molecular complexity index is 1290. The van der Waals surface area contributed by atoms with Crippen molar-refractivity contribution in [3.63, 3.8) is 0 Å². The summed E-state index contributed by atoms with van der Waals surface area (Å²) in [4.78, 5) is 21.2. The van der Waals surface area contributed by atoms with Crippen molar-refractivity contribution in [3.8, 4) is 11.6 Å². The first-order valence-corrected chi connectivity index (χ1v) is 13.4. The van der Waals surface area contributed by atoms with E-state index in [1.807, 2.05) is 12.1 Å². The van der Waals surface area contributed by atoms with Gasteiger partial charge in [-0.2, -0.15) is 4.31 Å². The summed E-state index contributed by atoms with van der Waals surface area (Å²) in [7, 11) is -3.56. The molecule has 9 heteroatoms. The first-order chi connectivity index (χ1) is 17.0. The molecule has 1 aliphatic carbocycles. The molecular weight excluding hydrogens is 464 g/mol. The van der Waals surface area contributed by atoms with Crippen molar-refractivity contribution in [1.29, 1.82) is 0 Å². The number of carbonyl (C=O) groups is 1. The minimum atomic E-state index is -3.56. The van der Waals surface area contributed by atoms with E-state index in [2.05, 4.69) is 15.3 Å². The number of anilines is 1. The van der Waals surface area contributed by atoms with E-state index in [9.17, 15) is 13.2 Å². The number of sulfonamides is 1. The average molecular weight is 493 g/mol. The predicted octanol–water partition coefficient (Wildman–Crippen LogP) is 4.19. The Hall–Kier alpha value is -3.30. The van der Waals surface area contributed by atoms with Gasteiger partial charge >= 0.3 is 0 Å². The number of fused-ring (bicyclic) bond motifs is 1. The Kier molecular flexibility index (Phi) is 6.79. The summed E-state index contributed by atoms with van der Waals surface area (Å²) in [5, 5.41) is 2.93. The fraction of sp³-hybridized carbons (Fsp3) is 0.346. The third-order valence-electron chi connectivity index (χ3n) is 6.67. The zero-order chi connectivity index (χ0) is 24.3. The molecule has 0 unspecified atom stereocenters. The number of aromatic nitrogens is 2. The monoisotopic (exact) mass is 492 g/mol. The van der Waals surface area contributed by atoms with Gasteiger partial charge in [0, 0.05) is 37.1 Å². The van der Waals surface area contributed by atoms with Crippen molar-refractivity contribution in [3.05, 3.63) is 72.2 Å². The molecule has 1 saturated heterocycles. The maximum Gasteiger partial charge on any atom is 0.243 e. The van der Waals surface area contributed by atoms with Gasteiger partial charge in [-0.05, 0) is 86.1 Å². The molecule has 3 aromatic rings. The molecule has 2 heterocycles. The summed E-state index contributed by atoms with van der Waals surface area (Å²) >= 11 is 0. The molecule has 8 nitrogen and oxygen atoms in total. The number of ether oxygens (including phenoxy) is 1. The number of piperidine rings is 1. The molecule has 0 atom stereocenters. The second-order valence-electron chi connectivity index (χ2n) is 8.98. The molecule has 1 aliphatic heterocycles. The van der Waals surface area contributed by atoms with Gasteiger partial charge in [0.1, 0.15) is 5.75 Å². The number of carbonyl (C=O) groups excluding carboxylic acids is 1.